The van der Waals surface area contributed by atoms with Crippen molar-refractivity contribution in [1.29, 1.82) is 0 Å². The molecule has 7 rings (SSSR count). The summed E-state index contributed by atoms with van der Waals surface area (Å²) in [6, 6.07) is 34.8. The number of ether oxygens (including phenoxy) is 2. The van der Waals surface area contributed by atoms with E-state index in [1.54, 1.807) is 0 Å². The van der Waals surface area contributed by atoms with Crippen LogP contribution in [0.2, 0.25) is 0 Å². The fourth-order valence-corrected chi connectivity index (χ4v) is 9.17. The van der Waals surface area contributed by atoms with Gasteiger partial charge in [0.15, 0.2) is 0 Å². The number of anilines is 2. The maximum absolute atomic E-state index is 5.86. The minimum absolute atomic E-state index is 0.565. The Hall–Kier alpha value is -4.04. The Bertz CT molecular complexity index is 1910. The number of nitrogens with zero attached hydrogens (tertiary/aromatic N) is 5. The Kier molecular flexibility index (Phi) is 27.3. The van der Waals surface area contributed by atoms with Gasteiger partial charge in [-0.2, -0.15) is 0 Å². The number of rotatable bonds is 19. The summed E-state index contributed by atoms with van der Waals surface area (Å²) >= 11 is 0. The molecule has 3 fully saturated rings. The van der Waals surface area contributed by atoms with E-state index in [1.165, 1.54) is 144 Å². The summed E-state index contributed by atoms with van der Waals surface area (Å²) in [5.74, 6) is 4.39. The highest BCUT2D eigenvalue weighted by molar-refractivity contribution is 5.49. The number of benzene rings is 4. The summed E-state index contributed by atoms with van der Waals surface area (Å²) in [5, 5.41) is 0. The maximum Gasteiger partial charge on any atom is 0.119 e. The van der Waals surface area contributed by atoms with Crippen molar-refractivity contribution < 1.29 is 9.47 Å². The van der Waals surface area contributed by atoms with E-state index in [1.807, 2.05) is 0 Å². The molecule has 3 aliphatic rings. The molecule has 0 aliphatic carbocycles. The predicted octanol–water partition coefficient (Wildman–Crippen LogP) is 14.7. The molecule has 0 spiro atoms. The topological polar surface area (TPSA) is 34.7 Å². The Labute approximate surface area is 423 Å². The van der Waals surface area contributed by atoms with Crippen LogP contribution in [0.1, 0.15) is 172 Å². The Morgan fingerprint density at radius 2 is 0.783 bits per heavy atom. The molecule has 0 N–H and O–H groups in total. The third kappa shape index (κ3) is 22.7. The average molecular weight is 947 g/mol. The molecule has 0 radical (unpaired) electrons. The van der Waals surface area contributed by atoms with Gasteiger partial charge in [-0.05, 0) is 179 Å². The van der Waals surface area contributed by atoms with E-state index in [-0.39, 0.29) is 0 Å². The smallest absolute Gasteiger partial charge is 0.119 e. The van der Waals surface area contributed by atoms with Gasteiger partial charge in [0, 0.05) is 58.2 Å². The first-order chi connectivity index (χ1) is 33.3. The fraction of sp³-hybridized carbons (Fsp3) is 0.613. The molecule has 7 nitrogen and oxygen atoms in total. The first-order valence-corrected chi connectivity index (χ1v) is 27.6. The summed E-state index contributed by atoms with van der Waals surface area (Å²) in [6.07, 6.45) is 13.6. The number of likely N-dealkylation sites (tertiary alicyclic amines) is 3. The van der Waals surface area contributed by atoms with Crippen LogP contribution < -0.4 is 19.3 Å². The molecule has 384 valence electrons. The molecule has 4 aromatic rings. The molecule has 7 heteroatoms. The number of piperidine rings is 3. The normalized spacial score (nSPS) is 15.7. The van der Waals surface area contributed by atoms with Gasteiger partial charge in [-0.15, -0.1) is 0 Å². The molecule has 0 aromatic heterocycles. The monoisotopic (exact) mass is 946 g/mol. The molecular weight excluding hydrogens is 847 g/mol. The highest BCUT2D eigenvalue weighted by atomic mass is 16.5. The third-order valence-corrected chi connectivity index (χ3v) is 14.0. The number of hydrogen-bond acceptors (Lipinski definition) is 7. The quantitative estimate of drug-likeness (QED) is 0.0926. The second-order valence-corrected chi connectivity index (χ2v) is 21.2. The molecule has 3 heterocycles. The highest BCUT2D eigenvalue weighted by Crippen LogP contribution is 2.24. The second-order valence-electron chi connectivity index (χ2n) is 21.2. The van der Waals surface area contributed by atoms with E-state index in [9.17, 15) is 0 Å². The van der Waals surface area contributed by atoms with Gasteiger partial charge in [0.25, 0.3) is 0 Å². The SMILES string of the molecule is CC(C)c1ccc(OCCN2CCCCC2)cc1.CC(C)c1cccc(N(C)CCN2CCCCC2)c1.CC(C)c1cccc(OCCN2CCCCC2)c1.CCCN(C)c1cccc(C(C)C)c1. The van der Waals surface area contributed by atoms with E-state index < -0.39 is 0 Å². The van der Waals surface area contributed by atoms with E-state index in [0.29, 0.717) is 23.7 Å². The standard InChI is InChI=1S/C17H28N2.2C16H25NO.C13H21N/c1-15(2)16-8-7-9-17(14-16)18(3)12-13-19-10-5-4-6-11-19;1-14(2)15-6-8-16(9-7-15)18-13-12-17-10-4-3-5-11-17;1-14(2)15-7-6-8-16(13-15)18-12-11-17-9-4-3-5-10-17;1-5-9-14(4)13-8-6-7-12(10-13)11(2)3/h7-9,14-15H,4-6,10-13H2,1-3H3;6-9,14H,3-5,10-13H2,1-2H3;6-8,13-14H,3-5,9-12H2,1-2H3;6-8,10-11H,5,9H2,1-4H3. The minimum atomic E-state index is 0.565. The first kappa shape index (κ1) is 57.5. The lowest BCUT2D eigenvalue weighted by Crippen LogP contribution is -2.36. The molecular formula is C62H99N5O2. The van der Waals surface area contributed by atoms with Crippen molar-refractivity contribution in [3.8, 4) is 11.5 Å². The molecule has 0 atom stereocenters. The van der Waals surface area contributed by atoms with E-state index in [2.05, 4.69) is 198 Å². The van der Waals surface area contributed by atoms with Crippen LogP contribution in [0.25, 0.3) is 0 Å². The van der Waals surface area contributed by atoms with Crippen molar-refractivity contribution in [2.45, 2.75) is 150 Å². The van der Waals surface area contributed by atoms with Crippen molar-refractivity contribution in [2.75, 3.05) is 109 Å². The van der Waals surface area contributed by atoms with Gasteiger partial charge < -0.3 is 24.2 Å². The molecule has 3 aliphatic heterocycles. The molecule has 3 saturated heterocycles. The van der Waals surface area contributed by atoms with Gasteiger partial charge in [0.2, 0.25) is 0 Å². The van der Waals surface area contributed by atoms with Crippen LogP contribution in [-0.2, 0) is 0 Å². The van der Waals surface area contributed by atoms with E-state index >= 15 is 0 Å². The lowest BCUT2D eigenvalue weighted by Gasteiger charge is -2.29. The van der Waals surface area contributed by atoms with Crippen molar-refractivity contribution in [2.24, 2.45) is 0 Å². The average Bonchev–Trinajstić information content (AvgIpc) is 3.37. The van der Waals surface area contributed by atoms with Crippen LogP contribution in [0.15, 0.2) is 97.1 Å². The zero-order chi connectivity index (χ0) is 49.8. The summed E-state index contributed by atoms with van der Waals surface area (Å²) in [6.45, 7) is 34.8. The summed E-state index contributed by atoms with van der Waals surface area (Å²) in [7, 11) is 4.37. The summed E-state index contributed by atoms with van der Waals surface area (Å²) in [5.41, 5.74) is 8.26. The number of hydrogen-bond donors (Lipinski definition) is 0. The van der Waals surface area contributed by atoms with Gasteiger partial charge in [0.05, 0.1) is 0 Å². The second kappa shape index (κ2) is 32.8. The Morgan fingerprint density at radius 3 is 1.20 bits per heavy atom. The van der Waals surface area contributed by atoms with Crippen molar-refractivity contribution in [3.05, 3.63) is 119 Å². The largest absolute Gasteiger partial charge is 0.492 e. The van der Waals surface area contributed by atoms with Crippen molar-refractivity contribution in [1.82, 2.24) is 14.7 Å². The molecule has 0 amide bonds. The zero-order valence-electron chi connectivity index (χ0n) is 45.9. The van der Waals surface area contributed by atoms with Crippen molar-refractivity contribution >= 4 is 11.4 Å². The van der Waals surface area contributed by atoms with Gasteiger partial charge >= 0.3 is 0 Å². The lowest BCUT2D eigenvalue weighted by molar-refractivity contribution is 0.183. The Morgan fingerprint density at radius 1 is 0.406 bits per heavy atom. The highest BCUT2D eigenvalue weighted by Gasteiger charge is 2.13. The van der Waals surface area contributed by atoms with Gasteiger partial charge in [-0.25, -0.2) is 0 Å². The van der Waals surface area contributed by atoms with E-state index in [4.69, 9.17) is 9.47 Å². The van der Waals surface area contributed by atoms with Gasteiger partial charge in [0.1, 0.15) is 24.7 Å². The number of likely N-dealkylation sites (N-methyl/N-ethyl adjacent to an activating group) is 1. The maximum atomic E-state index is 5.86. The van der Waals surface area contributed by atoms with Crippen LogP contribution in [0, 0.1) is 0 Å². The molecule has 69 heavy (non-hydrogen) atoms. The Balaban J connectivity index is 0.000000202. The fourth-order valence-electron chi connectivity index (χ4n) is 9.17. The zero-order valence-corrected chi connectivity index (χ0v) is 45.9. The molecule has 0 unspecified atom stereocenters. The van der Waals surface area contributed by atoms with Gasteiger partial charge in [-0.3, -0.25) is 9.80 Å². The minimum Gasteiger partial charge on any atom is -0.492 e. The summed E-state index contributed by atoms with van der Waals surface area (Å²) in [4.78, 5) is 12.3. The van der Waals surface area contributed by atoms with Crippen LogP contribution in [0.4, 0.5) is 11.4 Å². The van der Waals surface area contributed by atoms with Crippen LogP contribution in [0.3, 0.4) is 0 Å². The molecule has 0 bridgehead atoms. The summed E-state index contributed by atoms with van der Waals surface area (Å²) < 4.78 is 11.7. The lowest BCUT2D eigenvalue weighted by atomic mass is 10.0. The first-order valence-electron chi connectivity index (χ1n) is 27.6. The van der Waals surface area contributed by atoms with Crippen LogP contribution in [0.5, 0.6) is 11.5 Å². The van der Waals surface area contributed by atoms with Crippen LogP contribution >= 0.6 is 0 Å². The predicted molar refractivity (Wildman–Crippen MR) is 301 cm³/mol. The van der Waals surface area contributed by atoms with Gasteiger partial charge in [-0.1, -0.05) is 130 Å². The molecule has 0 saturated carbocycles. The van der Waals surface area contributed by atoms with Crippen LogP contribution in [-0.4, -0.2) is 114 Å². The molecule has 4 aromatic carbocycles. The third-order valence-electron chi connectivity index (χ3n) is 14.0. The van der Waals surface area contributed by atoms with Crippen molar-refractivity contribution in [3.63, 3.8) is 0 Å². The van der Waals surface area contributed by atoms with E-state index in [0.717, 1.165) is 50.9 Å².